The van der Waals surface area contributed by atoms with Crippen LogP contribution in [-0.2, 0) is 11.2 Å². The molecule has 0 spiro atoms. The van der Waals surface area contributed by atoms with Crippen LogP contribution in [0.3, 0.4) is 0 Å². The van der Waals surface area contributed by atoms with Crippen LogP contribution in [0.5, 0.6) is 5.75 Å². The van der Waals surface area contributed by atoms with Crippen LogP contribution in [0.15, 0.2) is 22.7 Å². The average molecular weight is 327 g/mol. The zero-order valence-corrected chi connectivity index (χ0v) is 12.4. The molecule has 1 amide bonds. The Morgan fingerprint density at radius 2 is 2.26 bits per heavy atom. The van der Waals surface area contributed by atoms with Crippen molar-refractivity contribution in [3.05, 3.63) is 28.2 Å². The van der Waals surface area contributed by atoms with Gasteiger partial charge in [-0.2, -0.15) is 0 Å². The van der Waals surface area contributed by atoms with E-state index in [1.165, 1.54) is 12.8 Å². The summed E-state index contributed by atoms with van der Waals surface area (Å²) in [5.41, 5.74) is 6.65. The molecule has 3 N–H and O–H groups in total. The smallest absolute Gasteiger partial charge is 0.257 e. The third kappa shape index (κ3) is 4.84. The van der Waals surface area contributed by atoms with Gasteiger partial charge in [-0.15, -0.1) is 0 Å². The molecule has 0 aromatic heterocycles. The van der Waals surface area contributed by atoms with Gasteiger partial charge in [0, 0.05) is 11.0 Å². The van der Waals surface area contributed by atoms with Gasteiger partial charge in [-0.1, -0.05) is 15.9 Å². The molecule has 1 aliphatic carbocycles. The predicted octanol–water partition coefficient (Wildman–Crippen LogP) is 1.86. The van der Waals surface area contributed by atoms with Crippen molar-refractivity contribution < 1.29 is 9.53 Å². The molecule has 0 atom stereocenters. The summed E-state index contributed by atoms with van der Waals surface area (Å²) < 4.78 is 6.51. The Morgan fingerprint density at radius 3 is 2.95 bits per heavy atom. The van der Waals surface area contributed by atoms with E-state index in [4.69, 9.17) is 10.5 Å². The summed E-state index contributed by atoms with van der Waals surface area (Å²) in [6.45, 7) is 1.43. The number of halogens is 1. The van der Waals surface area contributed by atoms with Crippen LogP contribution in [0.25, 0.3) is 0 Å². The molecular weight excluding hydrogens is 308 g/mol. The summed E-state index contributed by atoms with van der Waals surface area (Å²) in [6.07, 6.45) is 3.25. The van der Waals surface area contributed by atoms with Crippen LogP contribution in [0.1, 0.15) is 18.4 Å². The number of carbonyl (C=O) groups is 1. The van der Waals surface area contributed by atoms with E-state index in [1.54, 1.807) is 0 Å². The Hall–Kier alpha value is -1.07. The lowest BCUT2D eigenvalue weighted by Gasteiger charge is -2.09. The van der Waals surface area contributed by atoms with Gasteiger partial charge in [0.2, 0.25) is 0 Å². The SMILES string of the molecule is NCCc1cc(OCC(=O)NCC2CC2)ccc1Br. The zero-order chi connectivity index (χ0) is 13.7. The van der Waals surface area contributed by atoms with Crippen molar-refractivity contribution in [3.63, 3.8) is 0 Å². The highest BCUT2D eigenvalue weighted by Crippen LogP contribution is 2.27. The van der Waals surface area contributed by atoms with Crippen LogP contribution < -0.4 is 15.8 Å². The minimum atomic E-state index is -0.0600. The number of rotatable bonds is 7. The van der Waals surface area contributed by atoms with Crippen molar-refractivity contribution in [1.29, 1.82) is 0 Å². The molecule has 5 heteroatoms. The van der Waals surface area contributed by atoms with E-state index in [1.807, 2.05) is 18.2 Å². The fraction of sp³-hybridized carbons (Fsp3) is 0.500. The summed E-state index contributed by atoms with van der Waals surface area (Å²) >= 11 is 3.47. The maximum Gasteiger partial charge on any atom is 0.257 e. The summed E-state index contributed by atoms with van der Waals surface area (Å²) in [5.74, 6) is 1.33. The van der Waals surface area contributed by atoms with Crippen LogP contribution >= 0.6 is 15.9 Å². The van der Waals surface area contributed by atoms with Gasteiger partial charge in [0.25, 0.3) is 5.91 Å². The first-order valence-corrected chi connectivity index (χ1v) is 7.36. The van der Waals surface area contributed by atoms with E-state index < -0.39 is 0 Å². The molecule has 0 radical (unpaired) electrons. The van der Waals surface area contributed by atoms with Crippen LogP contribution in [0.4, 0.5) is 0 Å². The topological polar surface area (TPSA) is 64.3 Å². The Kier molecular flexibility index (Phi) is 5.22. The molecule has 4 nitrogen and oxygen atoms in total. The summed E-state index contributed by atoms with van der Waals surface area (Å²) in [6, 6.07) is 5.69. The second kappa shape index (κ2) is 6.91. The summed E-state index contributed by atoms with van der Waals surface area (Å²) in [5, 5.41) is 2.87. The third-order valence-corrected chi connectivity index (χ3v) is 3.86. The molecule has 19 heavy (non-hydrogen) atoms. The first-order valence-electron chi connectivity index (χ1n) is 6.57. The van der Waals surface area contributed by atoms with E-state index in [2.05, 4.69) is 21.2 Å². The first kappa shape index (κ1) is 14.3. The Morgan fingerprint density at radius 1 is 1.47 bits per heavy atom. The Balaban J connectivity index is 1.80. The van der Waals surface area contributed by atoms with Gasteiger partial charge < -0.3 is 15.8 Å². The van der Waals surface area contributed by atoms with Crippen LogP contribution in [-0.4, -0.2) is 25.6 Å². The normalized spacial score (nSPS) is 14.2. The van der Waals surface area contributed by atoms with Crippen molar-refractivity contribution in [2.75, 3.05) is 19.7 Å². The minimum absolute atomic E-state index is 0.0600. The molecule has 0 saturated heterocycles. The fourth-order valence-electron chi connectivity index (χ4n) is 1.77. The molecule has 1 saturated carbocycles. The second-order valence-electron chi connectivity index (χ2n) is 4.83. The molecule has 1 fully saturated rings. The van der Waals surface area contributed by atoms with E-state index in [0.717, 1.165) is 23.0 Å². The standard InChI is InChI=1S/C14H19BrN2O2/c15-13-4-3-12(7-11(13)5-6-16)19-9-14(18)17-8-10-1-2-10/h3-4,7,10H,1-2,5-6,8-9,16H2,(H,17,18). The molecule has 1 aromatic rings. The van der Waals surface area contributed by atoms with Gasteiger partial charge in [0.1, 0.15) is 5.75 Å². The molecule has 104 valence electrons. The van der Waals surface area contributed by atoms with E-state index in [-0.39, 0.29) is 12.5 Å². The number of nitrogens with two attached hydrogens (primary N) is 1. The van der Waals surface area contributed by atoms with Crippen molar-refractivity contribution in [2.45, 2.75) is 19.3 Å². The average Bonchev–Trinajstić information content (AvgIpc) is 3.21. The number of ether oxygens (including phenoxy) is 1. The number of amides is 1. The lowest BCUT2D eigenvalue weighted by molar-refractivity contribution is -0.123. The van der Waals surface area contributed by atoms with Crippen molar-refractivity contribution >= 4 is 21.8 Å². The quantitative estimate of drug-likeness (QED) is 0.803. The van der Waals surface area contributed by atoms with Gasteiger partial charge in [0.15, 0.2) is 6.61 Å². The van der Waals surface area contributed by atoms with Gasteiger partial charge >= 0.3 is 0 Å². The van der Waals surface area contributed by atoms with Crippen molar-refractivity contribution in [1.82, 2.24) is 5.32 Å². The summed E-state index contributed by atoms with van der Waals surface area (Å²) in [4.78, 5) is 11.6. The van der Waals surface area contributed by atoms with Crippen LogP contribution in [0.2, 0.25) is 0 Å². The second-order valence-corrected chi connectivity index (χ2v) is 5.68. The highest BCUT2D eigenvalue weighted by atomic mass is 79.9. The molecule has 1 aliphatic rings. The van der Waals surface area contributed by atoms with E-state index >= 15 is 0 Å². The molecule has 1 aromatic carbocycles. The molecule has 0 aliphatic heterocycles. The van der Waals surface area contributed by atoms with E-state index in [0.29, 0.717) is 18.2 Å². The maximum atomic E-state index is 11.6. The number of hydrogen-bond acceptors (Lipinski definition) is 3. The van der Waals surface area contributed by atoms with Crippen molar-refractivity contribution in [3.8, 4) is 5.75 Å². The minimum Gasteiger partial charge on any atom is -0.484 e. The number of benzene rings is 1. The van der Waals surface area contributed by atoms with Crippen molar-refractivity contribution in [2.24, 2.45) is 11.7 Å². The first-order chi connectivity index (χ1) is 9.19. The molecule has 0 bridgehead atoms. The lowest BCUT2D eigenvalue weighted by Crippen LogP contribution is -2.30. The molecular formula is C14H19BrN2O2. The van der Waals surface area contributed by atoms with Gasteiger partial charge in [-0.3, -0.25) is 4.79 Å². The molecule has 2 rings (SSSR count). The largest absolute Gasteiger partial charge is 0.484 e. The number of carbonyl (C=O) groups excluding carboxylic acids is 1. The molecule has 0 unspecified atom stereocenters. The van der Waals surface area contributed by atoms with E-state index in [9.17, 15) is 4.79 Å². The fourth-order valence-corrected chi connectivity index (χ4v) is 2.21. The number of nitrogens with one attached hydrogen (secondary N) is 1. The number of hydrogen-bond donors (Lipinski definition) is 2. The third-order valence-electron chi connectivity index (χ3n) is 3.09. The highest BCUT2D eigenvalue weighted by Gasteiger charge is 2.21. The van der Waals surface area contributed by atoms with Gasteiger partial charge in [-0.25, -0.2) is 0 Å². The lowest BCUT2D eigenvalue weighted by atomic mass is 10.1. The monoisotopic (exact) mass is 326 g/mol. The maximum absolute atomic E-state index is 11.6. The van der Waals surface area contributed by atoms with Gasteiger partial charge in [0.05, 0.1) is 0 Å². The van der Waals surface area contributed by atoms with Crippen LogP contribution in [0, 0.1) is 5.92 Å². The Labute approximate surface area is 121 Å². The molecule has 0 heterocycles. The zero-order valence-electron chi connectivity index (χ0n) is 10.8. The summed E-state index contributed by atoms with van der Waals surface area (Å²) in [7, 11) is 0. The highest BCUT2D eigenvalue weighted by molar-refractivity contribution is 9.10. The Bertz CT molecular complexity index is 447. The van der Waals surface area contributed by atoms with Gasteiger partial charge in [-0.05, 0) is 55.5 Å². The predicted molar refractivity (Wildman–Crippen MR) is 78.1 cm³/mol.